The first-order chi connectivity index (χ1) is 16.6. The minimum absolute atomic E-state index is 0.0863. The normalized spacial score (nSPS) is 17.5. The van der Waals surface area contributed by atoms with Gasteiger partial charge in [0.15, 0.2) is 5.78 Å². The van der Waals surface area contributed by atoms with Crippen LogP contribution in [0.5, 0.6) is 5.75 Å². The van der Waals surface area contributed by atoms with Crippen molar-refractivity contribution in [3.05, 3.63) is 59.7 Å². The summed E-state index contributed by atoms with van der Waals surface area (Å²) < 4.78 is 29.0. The van der Waals surface area contributed by atoms with Crippen molar-refractivity contribution >= 4 is 29.3 Å². The molecule has 1 saturated heterocycles. The van der Waals surface area contributed by atoms with E-state index in [0.29, 0.717) is 17.7 Å². The Kier molecular flexibility index (Phi) is 8.16. The summed E-state index contributed by atoms with van der Waals surface area (Å²) >= 11 is 0. The van der Waals surface area contributed by atoms with Gasteiger partial charge in [0, 0.05) is 17.7 Å². The summed E-state index contributed by atoms with van der Waals surface area (Å²) in [4.78, 5) is 51.1. The van der Waals surface area contributed by atoms with Crippen molar-refractivity contribution in [2.24, 2.45) is 0 Å². The van der Waals surface area contributed by atoms with E-state index < -0.39 is 36.4 Å². The molecule has 1 fully saturated rings. The van der Waals surface area contributed by atoms with E-state index in [1.54, 1.807) is 12.1 Å². The number of carbonyl (C=O) groups excluding carboxylic acids is 4. The molecule has 2 aromatic carbocycles. The number of benzene rings is 2. The molecule has 0 saturated carbocycles. The van der Waals surface area contributed by atoms with E-state index in [4.69, 9.17) is 0 Å². The lowest BCUT2D eigenvalue weighted by atomic mass is 9.92. The van der Waals surface area contributed by atoms with E-state index >= 15 is 0 Å². The number of imide groups is 1. The van der Waals surface area contributed by atoms with Crippen molar-refractivity contribution in [1.82, 2.24) is 10.2 Å². The van der Waals surface area contributed by atoms with Crippen molar-refractivity contribution in [2.45, 2.75) is 51.7 Å². The number of hydrogen-bond acceptors (Lipinski definition) is 5. The van der Waals surface area contributed by atoms with Gasteiger partial charge in [-0.2, -0.15) is 8.78 Å². The lowest BCUT2D eigenvalue weighted by molar-refractivity contribution is -0.130. The van der Waals surface area contributed by atoms with Crippen LogP contribution < -0.4 is 15.4 Å². The second-order valence-corrected chi connectivity index (χ2v) is 8.36. The second kappa shape index (κ2) is 11.1. The lowest BCUT2D eigenvalue weighted by Crippen LogP contribution is -2.41. The Balaban J connectivity index is 1.63. The molecule has 0 bridgehead atoms. The summed E-state index contributed by atoms with van der Waals surface area (Å²) in [5.74, 6) is -1.30. The number of rotatable bonds is 11. The molecular weight excluding hydrogens is 460 g/mol. The molecule has 0 spiro atoms. The highest BCUT2D eigenvalue weighted by Gasteiger charge is 2.49. The van der Waals surface area contributed by atoms with Gasteiger partial charge in [0.2, 0.25) is 5.91 Å². The quantitative estimate of drug-likeness (QED) is 0.277. The van der Waals surface area contributed by atoms with Gasteiger partial charge in [0.05, 0.1) is 6.54 Å². The predicted octanol–water partition coefficient (Wildman–Crippen LogP) is 4.46. The Morgan fingerprint density at radius 2 is 1.71 bits per heavy atom. The molecule has 35 heavy (non-hydrogen) atoms. The van der Waals surface area contributed by atoms with Crippen LogP contribution in [0.25, 0.3) is 0 Å². The average Bonchev–Trinajstić information content (AvgIpc) is 3.03. The number of nitrogens with one attached hydrogen (secondary N) is 2. The molecule has 4 amide bonds. The molecule has 1 aliphatic rings. The number of nitrogens with zero attached hydrogens (tertiary/aromatic N) is 1. The van der Waals surface area contributed by atoms with E-state index in [1.165, 1.54) is 43.3 Å². The third-order valence-corrected chi connectivity index (χ3v) is 5.73. The molecule has 2 aromatic rings. The molecule has 3 rings (SSSR count). The van der Waals surface area contributed by atoms with Crippen LogP contribution in [0, 0.1) is 0 Å². The number of halogens is 2. The van der Waals surface area contributed by atoms with Gasteiger partial charge < -0.3 is 15.4 Å². The fourth-order valence-electron chi connectivity index (χ4n) is 3.74. The smallest absolute Gasteiger partial charge is 0.387 e. The number of amides is 4. The van der Waals surface area contributed by atoms with Crippen molar-refractivity contribution in [3.63, 3.8) is 0 Å². The molecular formula is C25H27F2N3O5. The van der Waals surface area contributed by atoms with Crippen LogP contribution in [0.1, 0.15) is 55.5 Å². The molecule has 0 radical (unpaired) electrons. The van der Waals surface area contributed by atoms with Crippen LogP contribution in [-0.4, -0.2) is 41.7 Å². The number of unbranched alkanes of at least 4 members (excludes halogenated alkanes) is 2. The van der Waals surface area contributed by atoms with Gasteiger partial charge >= 0.3 is 12.6 Å². The zero-order valence-corrected chi connectivity index (χ0v) is 19.5. The van der Waals surface area contributed by atoms with Gasteiger partial charge in [-0.15, -0.1) is 0 Å². The number of ketones is 1. The summed E-state index contributed by atoms with van der Waals surface area (Å²) in [7, 11) is 0. The maximum atomic E-state index is 13.0. The summed E-state index contributed by atoms with van der Waals surface area (Å²) in [5.41, 5.74) is -0.292. The first kappa shape index (κ1) is 25.8. The number of alkyl halides is 2. The molecule has 1 unspecified atom stereocenters. The molecule has 1 heterocycles. The van der Waals surface area contributed by atoms with Crippen LogP contribution in [-0.2, 0) is 15.1 Å². The van der Waals surface area contributed by atoms with Gasteiger partial charge in [0.25, 0.3) is 5.91 Å². The first-order valence-corrected chi connectivity index (χ1v) is 11.3. The fourth-order valence-corrected chi connectivity index (χ4v) is 3.74. The number of anilines is 1. The molecule has 186 valence electrons. The van der Waals surface area contributed by atoms with Gasteiger partial charge in [-0.1, -0.05) is 31.9 Å². The number of ether oxygens (including phenoxy) is 1. The monoisotopic (exact) mass is 487 g/mol. The van der Waals surface area contributed by atoms with E-state index in [1.807, 2.05) is 0 Å². The molecule has 0 aliphatic carbocycles. The molecule has 2 N–H and O–H groups in total. The van der Waals surface area contributed by atoms with Gasteiger partial charge in [0.1, 0.15) is 11.3 Å². The highest BCUT2D eigenvalue weighted by molar-refractivity contribution is 6.11. The van der Waals surface area contributed by atoms with Gasteiger partial charge in [-0.3, -0.25) is 19.3 Å². The van der Waals surface area contributed by atoms with Crippen molar-refractivity contribution < 1.29 is 32.7 Å². The highest BCUT2D eigenvalue weighted by atomic mass is 19.3. The van der Waals surface area contributed by atoms with E-state index in [0.717, 1.165) is 24.2 Å². The second-order valence-electron chi connectivity index (χ2n) is 8.36. The average molecular weight is 488 g/mol. The Labute approximate surface area is 201 Å². The topological polar surface area (TPSA) is 105 Å². The SMILES string of the molecule is CCCCCC(=O)Nc1ccc(C(=O)CN2C(=O)NC(C)(c3ccc(OC(F)F)cc3)C2=O)cc1. The Bertz CT molecular complexity index is 1090. The van der Waals surface area contributed by atoms with Crippen LogP contribution in [0.4, 0.5) is 19.3 Å². The molecule has 10 heteroatoms. The van der Waals surface area contributed by atoms with Crippen molar-refractivity contribution in [2.75, 3.05) is 11.9 Å². The Hall–Kier alpha value is -3.82. The van der Waals surface area contributed by atoms with Crippen LogP contribution in [0.15, 0.2) is 48.5 Å². The zero-order chi connectivity index (χ0) is 25.6. The van der Waals surface area contributed by atoms with Gasteiger partial charge in [-0.25, -0.2) is 4.79 Å². The number of Topliss-reactive ketones (excluding diaryl/α,β-unsaturated/α-hetero) is 1. The lowest BCUT2D eigenvalue weighted by Gasteiger charge is -2.22. The first-order valence-electron chi connectivity index (χ1n) is 11.3. The number of urea groups is 1. The number of carbonyl (C=O) groups is 4. The number of hydrogen-bond donors (Lipinski definition) is 2. The maximum Gasteiger partial charge on any atom is 0.387 e. The Morgan fingerprint density at radius 1 is 1.06 bits per heavy atom. The maximum absolute atomic E-state index is 13.0. The minimum Gasteiger partial charge on any atom is -0.435 e. The summed E-state index contributed by atoms with van der Waals surface area (Å²) in [6, 6.07) is 10.8. The van der Waals surface area contributed by atoms with Crippen LogP contribution in [0.2, 0.25) is 0 Å². The van der Waals surface area contributed by atoms with Crippen LogP contribution in [0.3, 0.4) is 0 Å². The minimum atomic E-state index is -2.98. The molecule has 1 atom stereocenters. The van der Waals surface area contributed by atoms with E-state index in [2.05, 4.69) is 22.3 Å². The molecule has 1 aliphatic heterocycles. The zero-order valence-electron chi connectivity index (χ0n) is 19.5. The third kappa shape index (κ3) is 6.20. The van der Waals surface area contributed by atoms with Crippen molar-refractivity contribution in [3.8, 4) is 5.75 Å². The van der Waals surface area contributed by atoms with Crippen LogP contribution >= 0.6 is 0 Å². The summed E-state index contributed by atoms with van der Waals surface area (Å²) in [5, 5.41) is 5.33. The van der Waals surface area contributed by atoms with Gasteiger partial charge in [-0.05, 0) is 55.3 Å². The predicted molar refractivity (Wildman–Crippen MR) is 124 cm³/mol. The van der Waals surface area contributed by atoms with E-state index in [9.17, 15) is 28.0 Å². The standard InChI is InChI=1S/C25H27F2N3O5/c1-3-4-5-6-21(32)28-18-11-7-16(8-12-18)20(31)15-30-22(33)25(2,29-24(30)34)17-9-13-19(14-10-17)35-23(26)27/h7-14,23H,3-6,15H2,1-2H3,(H,28,32)(H,29,34). The van der Waals surface area contributed by atoms with E-state index in [-0.39, 0.29) is 17.2 Å². The van der Waals surface area contributed by atoms with Crippen molar-refractivity contribution in [1.29, 1.82) is 0 Å². The highest BCUT2D eigenvalue weighted by Crippen LogP contribution is 2.30. The molecule has 8 nitrogen and oxygen atoms in total. The summed E-state index contributed by atoms with van der Waals surface area (Å²) in [6.45, 7) is 0.0645. The fraction of sp³-hybridized carbons (Fsp3) is 0.360. The third-order valence-electron chi connectivity index (χ3n) is 5.73. The largest absolute Gasteiger partial charge is 0.435 e. The molecule has 0 aromatic heterocycles. The Morgan fingerprint density at radius 3 is 2.31 bits per heavy atom. The summed E-state index contributed by atoms with van der Waals surface area (Å²) in [6.07, 6.45) is 3.21.